The summed E-state index contributed by atoms with van der Waals surface area (Å²) in [5.74, 6) is -0.185. The van der Waals surface area contributed by atoms with Crippen LogP contribution in [0.3, 0.4) is 0 Å². The molecule has 0 aliphatic heterocycles. The Morgan fingerprint density at radius 2 is 1.40 bits per heavy atom. The first-order chi connectivity index (χ1) is 9.63. The fraction of sp³-hybridized carbons (Fsp3) is 0.375. The molecule has 0 amide bonds. The largest absolute Gasteiger partial charge is 0.329 e. The van der Waals surface area contributed by atoms with Gasteiger partial charge in [-0.15, -0.1) is 0 Å². The molecule has 0 saturated heterocycles. The molecule has 1 aromatic carbocycles. The van der Waals surface area contributed by atoms with E-state index in [4.69, 9.17) is 5.73 Å². The topological polar surface area (TPSA) is 63.4 Å². The van der Waals surface area contributed by atoms with Gasteiger partial charge in [0, 0.05) is 24.2 Å². The van der Waals surface area contributed by atoms with E-state index in [0.717, 1.165) is 26.2 Å². The highest BCUT2D eigenvalue weighted by atomic mass is 16.1. The Morgan fingerprint density at radius 1 is 0.950 bits per heavy atom. The first-order valence-electron chi connectivity index (χ1n) is 6.92. The van der Waals surface area contributed by atoms with Crippen LogP contribution >= 0.6 is 0 Å². The zero-order valence-corrected chi connectivity index (χ0v) is 12.1. The summed E-state index contributed by atoms with van der Waals surface area (Å²) in [5, 5.41) is 0. The predicted molar refractivity (Wildman–Crippen MR) is 81.1 cm³/mol. The lowest BCUT2D eigenvalue weighted by Gasteiger charge is -2.15. The van der Waals surface area contributed by atoms with Crippen molar-refractivity contribution in [2.45, 2.75) is 13.8 Å². The van der Waals surface area contributed by atoms with Crippen molar-refractivity contribution < 1.29 is 9.59 Å². The van der Waals surface area contributed by atoms with Crippen molar-refractivity contribution in [2.24, 2.45) is 5.73 Å². The van der Waals surface area contributed by atoms with Crippen LogP contribution in [0.1, 0.15) is 34.6 Å². The minimum Gasteiger partial charge on any atom is -0.329 e. The van der Waals surface area contributed by atoms with E-state index in [1.54, 1.807) is 24.3 Å². The summed E-state index contributed by atoms with van der Waals surface area (Å²) < 4.78 is 0. The molecule has 0 unspecified atom stereocenters. The summed E-state index contributed by atoms with van der Waals surface area (Å²) in [4.78, 5) is 24.7. The summed E-state index contributed by atoms with van der Waals surface area (Å²) in [6.07, 6.45) is 2.62. The fourth-order valence-electron chi connectivity index (χ4n) is 1.97. The Morgan fingerprint density at radius 3 is 1.70 bits per heavy atom. The highest BCUT2D eigenvalue weighted by Crippen LogP contribution is 2.15. The van der Waals surface area contributed by atoms with Gasteiger partial charge in [-0.3, -0.25) is 9.59 Å². The highest BCUT2D eigenvalue weighted by Gasteiger charge is 2.16. The Hall–Kier alpha value is -1.78. The summed E-state index contributed by atoms with van der Waals surface area (Å²) in [6, 6.07) is 6.84. The van der Waals surface area contributed by atoms with Crippen LogP contribution < -0.4 is 5.73 Å². The van der Waals surface area contributed by atoms with Crippen LogP contribution in [0.2, 0.25) is 0 Å². The number of hydrogen-bond acceptors (Lipinski definition) is 4. The molecule has 0 heterocycles. The van der Waals surface area contributed by atoms with E-state index >= 15 is 0 Å². The Balaban J connectivity index is 0.000000221. The number of carbonyl (C=O) groups excluding carboxylic acids is 2. The molecular weight excluding hydrogens is 252 g/mol. The van der Waals surface area contributed by atoms with E-state index in [1.165, 1.54) is 12.2 Å². The molecule has 1 aliphatic rings. The van der Waals surface area contributed by atoms with E-state index in [-0.39, 0.29) is 11.6 Å². The second-order valence-electron chi connectivity index (χ2n) is 4.42. The summed E-state index contributed by atoms with van der Waals surface area (Å²) >= 11 is 0. The van der Waals surface area contributed by atoms with E-state index in [1.807, 2.05) is 0 Å². The normalized spacial score (nSPS) is 13.0. The molecule has 2 rings (SSSR count). The number of nitrogens with zero attached hydrogens (tertiary/aromatic N) is 1. The van der Waals surface area contributed by atoms with Crippen LogP contribution in [-0.2, 0) is 0 Å². The van der Waals surface area contributed by atoms with E-state index in [0.29, 0.717) is 11.1 Å². The second kappa shape index (κ2) is 8.40. The summed E-state index contributed by atoms with van der Waals surface area (Å²) in [7, 11) is 0. The highest BCUT2D eigenvalue weighted by molar-refractivity contribution is 6.21. The van der Waals surface area contributed by atoms with Crippen molar-refractivity contribution in [3.05, 3.63) is 47.5 Å². The lowest BCUT2D eigenvalue weighted by atomic mass is 9.95. The number of ketones is 2. The lowest BCUT2D eigenvalue weighted by molar-refractivity contribution is 0.0994. The summed E-state index contributed by atoms with van der Waals surface area (Å²) in [5.41, 5.74) is 6.35. The van der Waals surface area contributed by atoms with E-state index < -0.39 is 0 Å². The maximum Gasteiger partial charge on any atom is 0.186 e. The number of nitrogens with two attached hydrogens (primary N) is 1. The average molecular weight is 274 g/mol. The van der Waals surface area contributed by atoms with Crippen molar-refractivity contribution in [3.63, 3.8) is 0 Å². The zero-order chi connectivity index (χ0) is 15.0. The van der Waals surface area contributed by atoms with Gasteiger partial charge < -0.3 is 10.6 Å². The Labute approximate surface area is 120 Å². The van der Waals surface area contributed by atoms with Gasteiger partial charge in [0.25, 0.3) is 0 Å². The van der Waals surface area contributed by atoms with Gasteiger partial charge in [-0.25, -0.2) is 0 Å². The smallest absolute Gasteiger partial charge is 0.186 e. The molecule has 108 valence electrons. The number of fused-ring (bicyclic) bond motifs is 1. The molecule has 0 saturated carbocycles. The quantitative estimate of drug-likeness (QED) is 0.911. The predicted octanol–water partition coefficient (Wildman–Crippen LogP) is 1.91. The number of carbonyl (C=O) groups is 2. The number of hydrogen-bond donors (Lipinski definition) is 1. The molecule has 0 aromatic heterocycles. The van der Waals surface area contributed by atoms with Crippen LogP contribution in [-0.4, -0.2) is 42.6 Å². The minimum absolute atomic E-state index is 0.0924. The van der Waals surface area contributed by atoms with Crippen LogP contribution in [0, 0.1) is 0 Å². The van der Waals surface area contributed by atoms with Gasteiger partial charge in [0.05, 0.1) is 0 Å². The molecule has 0 spiro atoms. The minimum atomic E-state index is -0.0924. The molecule has 4 nitrogen and oxygen atoms in total. The second-order valence-corrected chi connectivity index (χ2v) is 4.42. The first kappa shape index (κ1) is 16.3. The Bertz CT molecular complexity index is 454. The van der Waals surface area contributed by atoms with Gasteiger partial charge in [-0.1, -0.05) is 38.1 Å². The van der Waals surface area contributed by atoms with Crippen LogP contribution in [0.15, 0.2) is 36.4 Å². The number of rotatable bonds is 4. The van der Waals surface area contributed by atoms with Crippen molar-refractivity contribution in [3.8, 4) is 0 Å². The van der Waals surface area contributed by atoms with Crippen molar-refractivity contribution >= 4 is 11.6 Å². The molecule has 0 atom stereocenters. The van der Waals surface area contributed by atoms with Gasteiger partial charge in [-0.05, 0) is 25.2 Å². The third kappa shape index (κ3) is 4.40. The fourth-order valence-corrected chi connectivity index (χ4v) is 1.97. The van der Waals surface area contributed by atoms with Crippen LogP contribution in [0.5, 0.6) is 0 Å². The van der Waals surface area contributed by atoms with Gasteiger partial charge in [0.2, 0.25) is 0 Å². The molecule has 1 aliphatic carbocycles. The lowest BCUT2D eigenvalue weighted by Crippen LogP contribution is -2.28. The number of benzene rings is 1. The number of likely N-dealkylation sites (N-methyl/N-ethyl adjacent to an activating group) is 1. The molecular formula is C16H22N2O2. The molecule has 2 N–H and O–H groups in total. The molecule has 0 bridgehead atoms. The zero-order valence-electron chi connectivity index (χ0n) is 12.1. The molecule has 4 heteroatoms. The van der Waals surface area contributed by atoms with Gasteiger partial charge in [0.15, 0.2) is 11.6 Å². The molecule has 20 heavy (non-hydrogen) atoms. The maximum absolute atomic E-state index is 11.2. The van der Waals surface area contributed by atoms with Gasteiger partial charge in [-0.2, -0.15) is 0 Å². The van der Waals surface area contributed by atoms with E-state index in [9.17, 15) is 9.59 Å². The first-order valence-corrected chi connectivity index (χ1v) is 6.92. The van der Waals surface area contributed by atoms with Crippen LogP contribution in [0.25, 0.3) is 0 Å². The summed E-state index contributed by atoms with van der Waals surface area (Å²) in [6.45, 7) is 8.36. The monoisotopic (exact) mass is 274 g/mol. The third-order valence-corrected chi connectivity index (χ3v) is 3.18. The molecule has 1 aromatic rings. The van der Waals surface area contributed by atoms with Gasteiger partial charge in [0.1, 0.15) is 0 Å². The molecule has 0 radical (unpaired) electrons. The number of allylic oxidation sites excluding steroid dienone is 2. The Kier molecular flexibility index (Phi) is 6.84. The average Bonchev–Trinajstić information content (AvgIpc) is 2.49. The van der Waals surface area contributed by atoms with E-state index in [2.05, 4.69) is 18.7 Å². The van der Waals surface area contributed by atoms with Crippen molar-refractivity contribution in [1.82, 2.24) is 4.90 Å². The van der Waals surface area contributed by atoms with Crippen molar-refractivity contribution in [1.29, 1.82) is 0 Å². The maximum atomic E-state index is 11.2. The standard InChI is InChI=1S/C10H6O2.C6H16N2/c11-9-5-6-10(12)8-4-2-1-3-7(8)9;1-3-8(4-2)6-5-7/h1-6H;3-7H2,1-2H3. The van der Waals surface area contributed by atoms with Gasteiger partial charge >= 0.3 is 0 Å². The SMILES string of the molecule is CCN(CC)CCN.O=C1C=CC(=O)c2ccccc21. The van der Waals surface area contributed by atoms with Crippen molar-refractivity contribution in [2.75, 3.05) is 26.2 Å². The third-order valence-electron chi connectivity index (χ3n) is 3.18. The van der Waals surface area contributed by atoms with Crippen LogP contribution in [0.4, 0.5) is 0 Å². The molecule has 0 fully saturated rings.